The molecule has 26 heavy (non-hydrogen) atoms. The van der Waals surface area contributed by atoms with Gasteiger partial charge in [0.25, 0.3) is 0 Å². The lowest BCUT2D eigenvalue weighted by atomic mass is 9.78. The maximum absolute atomic E-state index is 12.3. The number of benzene rings is 1. The molecule has 1 aromatic carbocycles. The predicted molar refractivity (Wildman–Crippen MR) is 94.5 cm³/mol. The van der Waals surface area contributed by atoms with Crippen LogP contribution in [-0.4, -0.2) is 75.2 Å². The minimum absolute atomic E-state index is 0.0299. The van der Waals surface area contributed by atoms with Crippen LogP contribution < -0.4 is 9.47 Å². The zero-order valence-electron chi connectivity index (χ0n) is 15.4. The van der Waals surface area contributed by atoms with Gasteiger partial charge in [-0.05, 0) is 31.0 Å². The summed E-state index contributed by atoms with van der Waals surface area (Å²) in [5.41, 5.74) is 1.51. The minimum atomic E-state index is -0.277. The number of likely N-dealkylation sites (tertiary alicyclic amines) is 1. The number of amides is 1. The molecular weight excluding hydrogens is 336 g/mol. The van der Waals surface area contributed by atoms with Crippen molar-refractivity contribution in [1.82, 2.24) is 9.80 Å². The number of nitrogens with zero attached hydrogens (tertiary/aromatic N) is 2. The summed E-state index contributed by atoms with van der Waals surface area (Å²) >= 11 is 0. The summed E-state index contributed by atoms with van der Waals surface area (Å²) in [6.07, 6.45) is 0.456. The Labute approximate surface area is 153 Å². The Hall–Kier alpha value is -1.99. The summed E-state index contributed by atoms with van der Waals surface area (Å²) in [5, 5.41) is 0. The molecule has 1 atom stereocenters. The van der Waals surface area contributed by atoms with Gasteiger partial charge in [0.1, 0.15) is 6.61 Å². The maximum Gasteiger partial charge on any atom is 0.409 e. The third kappa shape index (κ3) is 3.46. The molecular formula is C19H26N2O5. The van der Waals surface area contributed by atoms with E-state index in [9.17, 15) is 4.79 Å². The van der Waals surface area contributed by atoms with Crippen LogP contribution in [0.3, 0.4) is 0 Å². The van der Waals surface area contributed by atoms with Gasteiger partial charge < -0.3 is 23.8 Å². The van der Waals surface area contributed by atoms with Crippen molar-refractivity contribution in [1.29, 1.82) is 0 Å². The molecule has 3 heterocycles. The highest BCUT2D eigenvalue weighted by Crippen LogP contribution is 2.37. The van der Waals surface area contributed by atoms with Gasteiger partial charge in [0.15, 0.2) is 11.5 Å². The lowest BCUT2D eigenvalue weighted by molar-refractivity contribution is -0.190. The second-order valence-corrected chi connectivity index (χ2v) is 7.67. The van der Waals surface area contributed by atoms with Gasteiger partial charge in [0.05, 0.1) is 13.2 Å². The van der Waals surface area contributed by atoms with E-state index < -0.39 is 0 Å². The lowest BCUT2D eigenvalue weighted by Crippen LogP contribution is -2.66. The quantitative estimate of drug-likeness (QED) is 0.768. The molecule has 3 aliphatic rings. The molecule has 1 amide bonds. The Morgan fingerprint density at radius 1 is 1.31 bits per heavy atom. The van der Waals surface area contributed by atoms with Crippen LogP contribution in [-0.2, 0) is 15.9 Å². The van der Waals surface area contributed by atoms with Gasteiger partial charge in [0.2, 0.25) is 6.79 Å². The van der Waals surface area contributed by atoms with Crippen molar-refractivity contribution in [3.8, 4) is 11.5 Å². The molecule has 0 N–H and O–H groups in total. The fraction of sp³-hybridized carbons (Fsp3) is 0.632. The number of carbonyl (C=O) groups is 1. The minimum Gasteiger partial charge on any atom is -0.454 e. The van der Waals surface area contributed by atoms with Crippen molar-refractivity contribution in [2.24, 2.45) is 5.41 Å². The van der Waals surface area contributed by atoms with Crippen LogP contribution in [0.15, 0.2) is 18.2 Å². The van der Waals surface area contributed by atoms with Crippen molar-refractivity contribution in [2.45, 2.75) is 19.4 Å². The smallest absolute Gasteiger partial charge is 0.409 e. The summed E-state index contributed by atoms with van der Waals surface area (Å²) in [6.45, 7) is 7.37. The van der Waals surface area contributed by atoms with E-state index in [1.165, 1.54) is 0 Å². The largest absolute Gasteiger partial charge is 0.454 e. The molecule has 2 fully saturated rings. The first-order valence-corrected chi connectivity index (χ1v) is 9.13. The van der Waals surface area contributed by atoms with E-state index in [4.69, 9.17) is 18.9 Å². The first-order valence-electron chi connectivity index (χ1n) is 9.13. The highest BCUT2D eigenvalue weighted by atomic mass is 16.7. The van der Waals surface area contributed by atoms with E-state index in [1.807, 2.05) is 25.1 Å². The van der Waals surface area contributed by atoms with Crippen molar-refractivity contribution >= 4 is 6.09 Å². The molecule has 7 heteroatoms. The summed E-state index contributed by atoms with van der Waals surface area (Å²) in [7, 11) is 1.78. The number of rotatable bonds is 6. The van der Waals surface area contributed by atoms with Crippen LogP contribution in [0.4, 0.5) is 4.79 Å². The standard InChI is InChI=1S/C19H26N2O5/c1-14(7-15-3-4-16-17(8-15)26-13-25-16)20(2)18(22)24-6-5-21-9-19(10-21)11-23-12-19/h3-4,8,14H,5-7,9-13H2,1-2H3. The average molecular weight is 362 g/mol. The van der Waals surface area contributed by atoms with Gasteiger partial charge in [0, 0.05) is 38.1 Å². The van der Waals surface area contributed by atoms with Gasteiger partial charge in [-0.1, -0.05) is 6.07 Å². The molecule has 1 unspecified atom stereocenters. The highest BCUT2D eigenvalue weighted by molar-refractivity contribution is 5.67. The molecule has 0 aliphatic carbocycles. The molecule has 0 saturated carbocycles. The van der Waals surface area contributed by atoms with Crippen LogP contribution in [0, 0.1) is 5.41 Å². The molecule has 1 aromatic rings. The van der Waals surface area contributed by atoms with Gasteiger partial charge >= 0.3 is 6.09 Å². The van der Waals surface area contributed by atoms with Gasteiger partial charge in [-0.3, -0.25) is 4.90 Å². The Morgan fingerprint density at radius 2 is 2.08 bits per heavy atom. The van der Waals surface area contributed by atoms with Crippen molar-refractivity contribution in [2.75, 3.05) is 53.3 Å². The second kappa shape index (κ2) is 6.96. The van der Waals surface area contributed by atoms with Crippen molar-refractivity contribution in [3.05, 3.63) is 23.8 Å². The summed E-state index contributed by atoms with van der Waals surface area (Å²) in [4.78, 5) is 16.2. The molecule has 142 valence electrons. The number of likely N-dealkylation sites (N-methyl/N-ethyl adjacent to an activating group) is 1. The van der Waals surface area contributed by atoms with Gasteiger partial charge in [-0.25, -0.2) is 4.79 Å². The first kappa shape index (κ1) is 17.4. The first-order chi connectivity index (χ1) is 12.5. The normalized spacial score (nSPS) is 21.0. The topological polar surface area (TPSA) is 60.5 Å². The van der Waals surface area contributed by atoms with E-state index in [0.717, 1.165) is 56.3 Å². The Balaban J connectivity index is 1.19. The van der Waals surface area contributed by atoms with E-state index >= 15 is 0 Å². The molecule has 4 rings (SSSR count). The summed E-state index contributed by atoms with van der Waals surface area (Å²) in [5.74, 6) is 1.54. The van der Waals surface area contributed by atoms with Crippen LogP contribution in [0.5, 0.6) is 11.5 Å². The van der Waals surface area contributed by atoms with Crippen LogP contribution >= 0.6 is 0 Å². The molecule has 0 aromatic heterocycles. The maximum atomic E-state index is 12.3. The Kier molecular flexibility index (Phi) is 4.67. The molecule has 7 nitrogen and oxygen atoms in total. The lowest BCUT2D eigenvalue weighted by Gasteiger charge is -2.55. The van der Waals surface area contributed by atoms with Crippen LogP contribution in [0.1, 0.15) is 12.5 Å². The zero-order chi connectivity index (χ0) is 18.1. The van der Waals surface area contributed by atoms with Crippen molar-refractivity contribution < 1.29 is 23.7 Å². The van der Waals surface area contributed by atoms with Gasteiger partial charge in [-0.15, -0.1) is 0 Å². The fourth-order valence-corrected chi connectivity index (χ4v) is 3.72. The Bertz CT molecular complexity index is 668. The molecule has 0 radical (unpaired) electrons. The summed E-state index contributed by atoms with van der Waals surface area (Å²) < 4.78 is 21.4. The third-order valence-electron chi connectivity index (χ3n) is 5.48. The molecule has 1 spiro atoms. The zero-order valence-corrected chi connectivity index (χ0v) is 15.4. The van der Waals surface area contributed by atoms with Crippen LogP contribution in [0.2, 0.25) is 0 Å². The molecule has 3 aliphatic heterocycles. The van der Waals surface area contributed by atoms with Gasteiger partial charge in [-0.2, -0.15) is 0 Å². The highest BCUT2D eigenvalue weighted by Gasteiger charge is 2.48. The molecule has 0 bridgehead atoms. The third-order valence-corrected chi connectivity index (χ3v) is 5.48. The van der Waals surface area contributed by atoms with E-state index in [0.29, 0.717) is 12.0 Å². The van der Waals surface area contributed by atoms with E-state index in [1.54, 1.807) is 11.9 Å². The number of ether oxygens (including phenoxy) is 4. The van der Waals surface area contributed by atoms with E-state index in [2.05, 4.69) is 4.90 Å². The second-order valence-electron chi connectivity index (χ2n) is 7.67. The fourth-order valence-electron chi connectivity index (χ4n) is 3.72. The summed E-state index contributed by atoms with van der Waals surface area (Å²) in [6, 6.07) is 5.92. The number of fused-ring (bicyclic) bond motifs is 1. The van der Waals surface area contributed by atoms with E-state index in [-0.39, 0.29) is 18.9 Å². The average Bonchev–Trinajstić information content (AvgIpc) is 3.01. The Morgan fingerprint density at radius 3 is 2.81 bits per heavy atom. The SMILES string of the molecule is CC(Cc1ccc2c(c1)OCO2)N(C)C(=O)OCCN1CC2(COC2)C1. The van der Waals surface area contributed by atoms with Crippen molar-refractivity contribution in [3.63, 3.8) is 0 Å². The predicted octanol–water partition coefficient (Wildman–Crippen LogP) is 1.75. The number of hydrogen-bond acceptors (Lipinski definition) is 6. The number of hydrogen-bond donors (Lipinski definition) is 0. The monoisotopic (exact) mass is 362 g/mol. The molecule has 2 saturated heterocycles. The number of carbonyl (C=O) groups excluding carboxylic acids is 1. The van der Waals surface area contributed by atoms with Crippen LogP contribution in [0.25, 0.3) is 0 Å².